The van der Waals surface area contributed by atoms with Crippen molar-refractivity contribution in [2.45, 2.75) is 39.2 Å². The molecule has 1 aliphatic rings. The summed E-state index contributed by atoms with van der Waals surface area (Å²) < 4.78 is 2.09. The highest BCUT2D eigenvalue weighted by molar-refractivity contribution is 5.85. The number of aliphatic carboxylic acids is 1. The van der Waals surface area contributed by atoms with E-state index in [9.17, 15) is 4.79 Å². The number of hydrogen-bond acceptors (Lipinski definition) is 2. The SMILES string of the molecule is CCCc1ncc2n1CC(C(=O)O)CC2.Cl. The molecule has 5 heteroatoms. The maximum atomic E-state index is 10.9. The Kier molecular flexibility index (Phi) is 4.35. The van der Waals surface area contributed by atoms with E-state index in [0.717, 1.165) is 31.5 Å². The van der Waals surface area contributed by atoms with Crippen LogP contribution in [0.2, 0.25) is 0 Å². The molecule has 0 saturated carbocycles. The van der Waals surface area contributed by atoms with Crippen molar-refractivity contribution >= 4 is 18.4 Å². The summed E-state index contributed by atoms with van der Waals surface area (Å²) in [5.41, 5.74) is 1.19. The average molecular weight is 245 g/mol. The van der Waals surface area contributed by atoms with Gasteiger partial charge in [0.15, 0.2) is 0 Å². The molecule has 1 atom stereocenters. The molecular formula is C11H17ClN2O2. The summed E-state index contributed by atoms with van der Waals surface area (Å²) in [5, 5.41) is 8.99. The summed E-state index contributed by atoms with van der Waals surface area (Å²) >= 11 is 0. The lowest BCUT2D eigenvalue weighted by molar-refractivity contribution is -0.142. The summed E-state index contributed by atoms with van der Waals surface area (Å²) in [7, 11) is 0. The molecule has 4 nitrogen and oxygen atoms in total. The lowest BCUT2D eigenvalue weighted by atomic mass is 9.98. The maximum absolute atomic E-state index is 10.9. The van der Waals surface area contributed by atoms with Crippen molar-refractivity contribution in [3.8, 4) is 0 Å². The quantitative estimate of drug-likeness (QED) is 0.884. The standard InChI is InChI=1S/C11H16N2O2.ClH/c1-2-3-10-12-6-9-5-4-8(11(14)15)7-13(9)10;/h6,8H,2-5,7H2,1H3,(H,14,15);1H. The zero-order valence-electron chi connectivity index (χ0n) is 9.35. The molecule has 1 aliphatic heterocycles. The third-order valence-corrected chi connectivity index (χ3v) is 3.00. The molecule has 0 bridgehead atoms. The number of aromatic nitrogens is 2. The van der Waals surface area contributed by atoms with E-state index in [0.29, 0.717) is 6.54 Å². The normalized spacial score (nSPS) is 18.7. The molecule has 0 spiro atoms. The predicted octanol–water partition coefficient (Wildman–Crippen LogP) is 1.90. The Morgan fingerprint density at radius 3 is 3.06 bits per heavy atom. The minimum absolute atomic E-state index is 0. The number of carboxylic acid groups (broad SMARTS) is 1. The van der Waals surface area contributed by atoms with Gasteiger partial charge in [-0.2, -0.15) is 0 Å². The largest absolute Gasteiger partial charge is 0.481 e. The molecule has 0 amide bonds. The van der Waals surface area contributed by atoms with Gasteiger partial charge in [0.25, 0.3) is 0 Å². The molecule has 1 N–H and O–H groups in total. The fraction of sp³-hybridized carbons (Fsp3) is 0.636. The summed E-state index contributed by atoms with van der Waals surface area (Å²) in [6.07, 6.45) is 5.46. The number of carboxylic acids is 1. The number of fused-ring (bicyclic) bond motifs is 1. The van der Waals surface area contributed by atoms with Gasteiger partial charge in [0.1, 0.15) is 5.82 Å². The van der Waals surface area contributed by atoms with Crippen LogP contribution < -0.4 is 0 Å². The van der Waals surface area contributed by atoms with Gasteiger partial charge in [-0.1, -0.05) is 6.92 Å². The zero-order chi connectivity index (χ0) is 10.8. The highest BCUT2D eigenvalue weighted by atomic mass is 35.5. The molecule has 0 aliphatic carbocycles. The van der Waals surface area contributed by atoms with Crippen molar-refractivity contribution in [3.05, 3.63) is 17.7 Å². The fourth-order valence-electron chi connectivity index (χ4n) is 2.13. The summed E-state index contributed by atoms with van der Waals surface area (Å²) in [5.74, 6) is 0.123. The Morgan fingerprint density at radius 1 is 1.69 bits per heavy atom. The first kappa shape index (κ1) is 13.0. The third-order valence-electron chi connectivity index (χ3n) is 3.00. The van der Waals surface area contributed by atoms with Crippen molar-refractivity contribution in [1.82, 2.24) is 9.55 Å². The van der Waals surface area contributed by atoms with Gasteiger partial charge in [-0.3, -0.25) is 4.79 Å². The summed E-state index contributed by atoms with van der Waals surface area (Å²) in [4.78, 5) is 15.3. The first-order chi connectivity index (χ1) is 7.22. The van der Waals surface area contributed by atoms with E-state index in [1.807, 2.05) is 6.20 Å². The number of halogens is 1. The number of carbonyl (C=O) groups is 1. The van der Waals surface area contributed by atoms with Crippen LogP contribution in [0.15, 0.2) is 6.20 Å². The van der Waals surface area contributed by atoms with Crippen LogP contribution in [0.4, 0.5) is 0 Å². The van der Waals surface area contributed by atoms with Gasteiger partial charge in [0.05, 0.1) is 5.92 Å². The Balaban J connectivity index is 0.00000128. The van der Waals surface area contributed by atoms with Crippen molar-refractivity contribution in [3.63, 3.8) is 0 Å². The van der Waals surface area contributed by atoms with E-state index in [4.69, 9.17) is 5.11 Å². The topological polar surface area (TPSA) is 55.1 Å². The molecule has 16 heavy (non-hydrogen) atoms. The third kappa shape index (κ3) is 2.38. The molecular weight excluding hydrogens is 228 g/mol. The van der Waals surface area contributed by atoms with Crippen LogP contribution in [-0.4, -0.2) is 20.6 Å². The second kappa shape index (κ2) is 5.34. The van der Waals surface area contributed by atoms with E-state index in [2.05, 4.69) is 16.5 Å². The van der Waals surface area contributed by atoms with Gasteiger partial charge < -0.3 is 9.67 Å². The average Bonchev–Trinajstić information content (AvgIpc) is 2.61. The predicted molar refractivity (Wildman–Crippen MR) is 62.9 cm³/mol. The monoisotopic (exact) mass is 244 g/mol. The van der Waals surface area contributed by atoms with Crippen LogP contribution in [0, 0.1) is 5.92 Å². The van der Waals surface area contributed by atoms with E-state index in [1.54, 1.807) is 0 Å². The first-order valence-corrected chi connectivity index (χ1v) is 5.48. The van der Waals surface area contributed by atoms with Crippen molar-refractivity contribution in [1.29, 1.82) is 0 Å². The van der Waals surface area contributed by atoms with Gasteiger partial charge >= 0.3 is 5.97 Å². The molecule has 2 rings (SSSR count). The highest BCUT2D eigenvalue weighted by Gasteiger charge is 2.25. The highest BCUT2D eigenvalue weighted by Crippen LogP contribution is 2.22. The van der Waals surface area contributed by atoms with Crippen LogP contribution in [0.25, 0.3) is 0 Å². The Morgan fingerprint density at radius 2 is 2.44 bits per heavy atom. The molecule has 1 unspecified atom stereocenters. The lowest BCUT2D eigenvalue weighted by Gasteiger charge is -2.22. The molecule has 2 heterocycles. The Hall–Kier alpha value is -1.03. The van der Waals surface area contributed by atoms with Crippen LogP contribution in [0.3, 0.4) is 0 Å². The van der Waals surface area contributed by atoms with Crippen molar-refractivity contribution < 1.29 is 9.90 Å². The van der Waals surface area contributed by atoms with Crippen molar-refractivity contribution in [2.24, 2.45) is 5.92 Å². The van der Waals surface area contributed by atoms with E-state index >= 15 is 0 Å². The van der Waals surface area contributed by atoms with Gasteiger partial charge in [0, 0.05) is 24.9 Å². The summed E-state index contributed by atoms with van der Waals surface area (Å²) in [6, 6.07) is 0. The first-order valence-electron chi connectivity index (χ1n) is 5.48. The van der Waals surface area contributed by atoms with Crippen LogP contribution in [0.5, 0.6) is 0 Å². The molecule has 0 saturated heterocycles. The molecule has 1 aromatic rings. The Bertz CT molecular complexity index is 376. The van der Waals surface area contributed by atoms with Crippen LogP contribution >= 0.6 is 12.4 Å². The smallest absolute Gasteiger partial charge is 0.308 e. The van der Waals surface area contributed by atoms with Gasteiger partial charge in [-0.15, -0.1) is 12.4 Å². The van der Waals surface area contributed by atoms with E-state index in [-0.39, 0.29) is 18.3 Å². The van der Waals surface area contributed by atoms with Gasteiger partial charge in [0.2, 0.25) is 0 Å². The number of hydrogen-bond donors (Lipinski definition) is 1. The van der Waals surface area contributed by atoms with Crippen LogP contribution in [0.1, 0.15) is 31.3 Å². The zero-order valence-corrected chi connectivity index (χ0v) is 10.2. The number of aryl methyl sites for hydroxylation is 2. The number of imidazole rings is 1. The minimum atomic E-state index is -0.684. The molecule has 0 fully saturated rings. The van der Waals surface area contributed by atoms with Gasteiger partial charge in [-0.25, -0.2) is 4.98 Å². The second-order valence-electron chi connectivity index (χ2n) is 4.10. The molecule has 0 radical (unpaired) electrons. The second-order valence-corrected chi connectivity index (χ2v) is 4.10. The minimum Gasteiger partial charge on any atom is -0.481 e. The van der Waals surface area contributed by atoms with Crippen LogP contribution in [-0.2, 0) is 24.2 Å². The van der Waals surface area contributed by atoms with Gasteiger partial charge in [-0.05, 0) is 19.3 Å². The summed E-state index contributed by atoms with van der Waals surface area (Å²) in [6.45, 7) is 2.71. The van der Waals surface area contributed by atoms with Crippen molar-refractivity contribution in [2.75, 3.05) is 0 Å². The molecule has 0 aromatic carbocycles. The maximum Gasteiger partial charge on any atom is 0.308 e. The van der Waals surface area contributed by atoms with E-state index in [1.165, 1.54) is 5.69 Å². The Labute approximate surface area is 101 Å². The van der Waals surface area contributed by atoms with E-state index < -0.39 is 5.97 Å². The molecule has 1 aromatic heterocycles. The number of nitrogens with zero attached hydrogens (tertiary/aromatic N) is 2. The lowest BCUT2D eigenvalue weighted by Crippen LogP contribution is -2.27. The fourth-order valence-corrected chi connectivity index (χ4v) is 2.13. The number of rotatable bonds is 3. The molecule has 90 valence electrons.